The van der Waals surface area contributed by atoms with Gasteiger partial charge in [-0.05, 0) is 43.7 Å². The summed E-state index contributed by atoms with van der Waals surface area (Å²) in [5, 5.41) is 10.4. The molecule has 1 nitrogen and oxygen atoms in total. The SMILES string of the molecule is CCCC(O)CCCC1Cc2ccccc2S1. The molecule has 1 aliphatic heterocycles. The minimum absolute atomic E-state index is 0.0752. The fourth-order valence-corrected chi connectivity index (χ4v) is 3.84. The lowest BCUT2D eigenvalue weighted by atomic mass is 10.0. The molecule has 2 heteroatoms. The van der Waals surface area contributed by atoms with Crippen molar-refractivity contribution >= 4 is 11.8 Å². The van der Waals surface area contributed by atoms with Crippen molar-refractivity contribution in [2.24, 2.45) is 0 Å². The minimum atomic E-state index is -0.0752. The Bertz CT molecular complexity index is 326. The molecular weight excluding hydrogens is 228 g/mol. The Balaban J connectivity index is 1.70. The van der Waals surface area contributed by atoms with E-state index in [2.05, 4.69) is 31.2 Å². The van der Waals surface area contributed by atoms with Gasteiger partial charge in [-0.25, -0.2) is 0 Å². The first-order valence-electron chi connectivity index (χ1n) is 6.72. The van der Waals surface area contributed by atoms with Crippen LogP contribution in [0.2, 0.25) is 0 Å². The summed E-state index contributed by atoms with van der Waals surface area (Å²) in [5.41, 5.74) is 1.51. The molecule has 0 spiro atoms. The van der Waals surface area contributed by atoms with Crippen molar-refractivity contribution in [1.29, 1.82) is 0 Å². The van der Waals surface area contributed by atoms with Crippen LogP contribution >= 0.6 is 11.8 Å². The zero-order valence-corrected chi connectivity index (χ0v) is 11.4. The quantitative estimate of drug-likeness (QED) is 0.822. The van der Waals surface area contributed by atoms with E-state index in [1.165, 1.54) is 23.3 Å². The van der Waals surface area contributed by atoms with Gasteiger partial charge in [-0.15, -0.1) is 11.8 Å². The summed E-state index contributed by atoms with van der Waals surface area (Å²) in [5.74, 6) is 0. The highest BCUT2D eigenvalue weighted by Gasteiger charge is 2.21. The van der Waals surface area contributed by atoms with Crippen molar-refractivity contribution < 1.29 is 5.11 Å². The molecule has 2 rings (SSSR count). The molecule has 0 fully saturated rings. The van der Waals surface area contributed by atoms with Crippen LogP contribution in [0, 0.1) is 0 Å². The average molecular weight is 250 g/mol. The maximum absolute atomic E-state index is 9.69. The summed E-state index contributed by atoms with van der Waals surface area (Å²) in [7, 11) is 0. The van der Waals surface area contributed by atoms with Crippen molar-refractivity contribution in [3.63, 3.8) is 0 Å². The highest BCUT2D eigenvalue weighted by atomic mass is 32.2. The van der Waals surface area contributed by atoms with Gasteiger partial charge in [-0.1, -0.05) is 31.5 Å². The van der Waals surface area contributed by atoms with Crippen LogP contribution in [0.15, 0.2) is 29.2 Å². The van der Waals surface area contributed by atoms with Crippen LogP contribution in [0.1, 0.15) is 44.6 Å². The van der Waals surface area contributed by atoms with Crippen LogP contribution in [0.3, 0.4) is 0 Å². The molecule has 2 atom stereocenters. The van der Waals surface area contributed by atoms with Gasteiger partial charge in [0, 0.05) is 10.1 Å². The molecule has 94 valence electrons. The molecule has 0 aliphatic carbocycles. The van der Waals surface area contributed by atoms with Gasteiger partial charge in [0.15, 0.2) is 0 Å². The molecule has 2 unspecified atom stereocenters. The van der Waals surface area contributed by atoms with Gasteiger partial charge in [0.2, 0.25) is 0 Å². The summed E-state index contributed by atoms with van der Waals surface area (Å²) in [6, 6.07) is 8.73. The number of benzene rings is 1. The smallest absolute Gasteiger partial charge is 0.0540 e. The maximum atomic E-state index is 9.69. The summed E-state index contributed by atoms with van der Waals surface area (Å²) < 4.78 is 0. The fraction of sp³-hybridized carbons (Fsp3) is 0.600. The van der Waals surface area contributed by atoms with E-state index in [-0.39, 0.29) is 6.10 Å². The first-order valence-corrected chi connectivity index (χ1v) is 7.60. The minimum Gasteiger partial charge on any atom is -0.393 e. The number of fused-ring (bicyclic) bond motifs is 1. The third-order valence-electron chi connectivity index (χ3n) is 3.40. The molecule has 0 radical (unpaired) electrons. The van der Waals surface area contributed by atoms with Gasteiger partial charge in [0.05, 0.1) is 6.10 Å². The molecule has 0 bridgehead atoms. The van der Waals surface area contributed by atoms with Crippen LogP contribution in [0.25, 0.3) is 0 Å². The molecule has 0 amide bonds. The number of hydrogen-bond acceptors (Lipinski definition) is 2. The van der Waals surface area contributed by atoms with E-state index < -0.39 is 0 Å². The maximum Gasteiger partial charge on any atom is 0.0540 e. The van der Waals surface area contributed by atoms with E-state index in [0.717, 1.165) is 30.9 Å². The van der Waals surface area contributed by atoms with E-state index in [1.54, 1.807) is 0 Å². The number of aliphatic hydroxyl groups is 1. The second kappa shape index (κ2) is 6.46. The third-order valence-corrected chi connectivity index (χ3v) is 4.79. The van der Waals surface area contributed by atoms with Gasteiger partial charge in [-0.3, -0.25) is 0 Å². The van der Waals surface area contributed by atoms with Gasteiger partial charge in [-0.2, -0.15) is 0 Å². The predicted molar refractivity (Wildman–Crippen MR) is 74.6 cm³/mol. The third kappa shape index (κ3) is 3.75. The summed E-state index contributed by atoms with van der Waals surface area (Å²) in [4.78, 5) is 1.46. The van der Waals surface area contributed by atoms with Gasteiger partial charge >= 0.3 is 0 Å². The molecule has 0 aromatic heterocycles. The van der Waals surface area contributed by atoms with Crippen molar-refractivity contribution in [1.82, 2.24) is 0 Å². The molecular formula is C15H22OS. The monoisotopic (exact) mass is 250 g/mol. The van der Waals surface area contributed by atoms with Crippen LogP contribution < -0.4 is 0 Å². The molecule has 1 N–H and O–H groups in total. The van der Waals surface area contributed by atoms with Crippen molar-refractivity contribution in [3.05, 3.63) is 29.8 Å². The lowest BCUT2D eigenvalue weighted by Crippen LogP contribution is -2.08. The Morgan fingerprint density at radius 1 is 1.35 bits per heavy atom. The van der Waals surface area contributed by atoms with E-state index in [1.807, 2.05) is 11.8 Å². The highest BCUT2D eigenvalue weighted by Crippen LogP contribution is 2.38. The Kier molecular flexibility index (Phi) is 4.93. The van der Waals surface area contributed by atoms with Crippen LogP contribution in [-0.2, 0) is 6.42 Å². The molecule has 1 aromatic rings. The second-order valence-electron chi connectivity index (χ2n) is 4.93. The van der Waals surface area contributed by atoms with Crippen molar-refractivity contribution in [2.45, 2.75) is 61.7 Å². The Morgan fingerprint density at radius 3 is 2.94 bits per heavy atom. The van der Waals surface area contributed by atoms with Crippen molar-refractivity contribution in [2.75, 3.05) is 0 Å². The lowest BCUT2D eigenvalue weighted by molar-refractivity contribution is 0.150. The predicted octanol–water partition coefficient (Wildman–Crippen LogP) is 4.03. The summed E-state index contributed by atoms with van der Waals surface area (Å²) in [6.45, 7) is 2.13. The molecule has 1 aliphatic rings. The molecule has 0 saturated carbocycles. The Hall–Kier alpha value is -0.470. The highest BCUT2D eigenvalue weighted by molar-refractivity contribution is 8.00. The molecule has 17 heavy (non-hydrogen) atoms. The molecule has 0 saturated heterocycles. The van der Waals surface area contributed by atoms with E-state index in [9.17, 15) is 5.11 Å². The zero-order valence-electron chi connectivity index (χ0n) is 10.6. The summed E-state index contributed by atoms with van der Waals surface area (Å²) in [6.07, 6.45) is 6.55. The average Bonchev–Trinajstić information content (AvgIpc) is 2.71. The van der Waals surface area contributed by atoms with Gasteiger partial charge in [0.25, 0.3) is 0 Å². The zero-order chi connectivity index (χ0) is 12.1. The molecule has 1 heterocycles. The van der Waals surface area contributed by atoms with E-state index in [0.29, 0.717) is 0 Å². The Labute approximate surface area is 109 Å². The standard InChI is InChI=1S/C15H22OS/c1-2-6-13(16)8-5-9-14-11-12-7-3-4-10-15(12)17-14/h3-4,7,10,13-14,16H,2,5-6,8-9,11H2,1H3. The number of hydrogen-bond donors (Lipinski definition) is 1. The normalized spacial score (nSPS) is 20.2. The largest absolute Gasteiger partial charge is 0.393 e. The first kappa shape index (κ1) is 13.0. The lowest BCUT2D eigenvalue weighted by Gasteiger charge is -2.11. The topological polar surface area (TPSA) is 20.2 Å². The molecule has 1 aromatic carbocycles. The number of rotatable bonds is 6. The van der Waals surface area contributed by atoms with E-state index in [4.69, 9.17) is 0 Å². The van der Waals surface area contributed by atoms with Crippen LogP contribution in [0.4, 0.5) is 0 Å². The van der Waals surface area contributed by atoms with Crippen molar-refractivity contribution in [3.8, 4) is 0 Å². The number of thioether (sulfide) groups is 1. The van der Waals surface area contributed by atoms with Gasteiger partial charge in [0.1, 0.15) is 0 Å². The van der Waals surface area contributed by atoms with Crippen LogP contribution in [-0.4, -0.2) is 16.5 Å². The second-order valence-corrected chi connectivity index (χ2v) is 6.27. The van der Waals surface area contributed by atoms with Crippen LogP contribution in [0.5, 0.6) is 0 Å². The fourth-order valence-electron chi connectivity index (χ4n) is 2.47. The number of aliphatic hydroxyl groups excluding tert-OH is 1. The van der Waals surface area contributed by atoms with E-state index >= 15 is 0 Å². The summed E-state index contributed by atoms with van der Waals surface area (Å²) >= 11 is 2.02. The first-order chi connectivity index (χ1) is 8.29. The van der Waals surface area contributed by atoms with Gasteiger partial charge < -0.3 is 5.11 Å². The Morgan fingerprint density at radius 2 is 2.18 bits per heavy atom.